The maximum atomic E-state index is 11.9. The molecule has 0 aromatic heterocycles. The molecule has 0 N–H and O–H groups in total. The number of halogens is 1. The van der Waals surface area contributed by atoms with Gasteiger partial charge < -0.3 is 4.90 Å². The molecule has 1 saturated heterocycles. The molecule has 1 rings (SSSR count). The van der Waals surface area contributed by atoms with Crippen molar-refractivity contribution in [1.82, 2.24) is 4.90 Å². The van der Waals surface area contributed by atoms with Gasteiger partial charge in [-0.15, -0.1) is 0 Å². The van der Waals surface area contributed by atoms with Crippen molar-refractivity contribution in [2.24, 2.45) is 5.92 Å². The van der Waals surface area contributed by atoms with Gasteiger partial charge in [-0.3, -0.25) is 4.79 Å². The fourth-order valence-corrected chi connectivity index (χ4v) is 2.15. The molecule has 1 aliphatic rings. The van der Waals surface area contributed by atoms with E-state index in [1.54, 1.807) is 0 Å². The van der Waals surface area contributed by atoms with E-state index in [9.17, 15) is 4.79 Å². The topological polar surface area (TPSA) is 20.3 Å². The van der Waals surface area contributed by atoms with Crippen LogP contribution in [0, 0.1) is 5.92 Å². The Kier molecular flexibility index (Phi) is 3.05. The number of carbonyl (C=O) groups is 1. The summed E-state index contributed by atoms with van der Waals surface area (Å²) in [5.74, 6) is 0.859. The maximum absolute atomic E-state index is 11.9. The Morgan fingerprint density at radius 2 is 2.00 bits per heavy atom. The van der Waals surface area contributed by atoms with Gasteiger partial charge in [0.25, 0.3) is 0 Å². The quantitative estimate of drug-likeness (QED) is 0.652. The predicted octanol–water partition coefficient (Wildman–Crippen LogP) is 2.42. The Bertz CT molecular complexity index is 209. The van der Waals surface area contributed by atoms with E-state index in [0.717, 1.165) is 13.0 Å². The number of alkyl halides is 1. The monoisotopic (exact) mass is 247 g/mol. The summed E-state index contributed by atoms with van der Waals surface area (Å²) in [6, 6.07) is 0.402. The van der Waals surface area contributed by atoms with Crippen LogP contribution in [0.2, 0.25) is 0 Å². The molecule has 0 spiro atoms. The second kappa shape index (κ2) is 3.60. The average Bonchev–Trinajstić information content (AvgIpc) is 2.26. The van der Waals surface area contributed by atoms with Crippen molar-refractivity contribution in [1.29, 1.82) is 0 Å². The van der Waals surface area contributed by atoms with E-state index in [4.69, 9.17) is 0 Å². The van der Waals surface area contributed by atoms with Crippen LogP contribution in [0.25, 0.3) is 0 Å². The van der Waals surface area contributed by atoms with Crippen LogP contribution in [-0.4, -0.2) is 27.7 Å². The van der Waals surface area contributed by atoms with Gasteiger partial charge in [-0.2, -0.15) is 0 Å². The van der Waals surface area contributed by atoms with Crippen LogP contribution in [0.4, 0.5) is 0 Å². The first-order valence-electron chi connectivity index (χ1n) is 4.82. The summed E-state index contributed by atoms with van der Waals surface area (Å²) >= 11 is 3.41. The van der Waals surface area contributed by atoms with E-state index < -0.39 is 4.32 Å². The first-order chi connectivity index (χ1) is 5.82. The first kappa shape index (κ1) is 11.0. The van der Waals surface area contributed by atoms with Crippen LogP contribution in [0.15, 0.2) is 0 Å². The molecule has 13 heavy (non-hydrogen) atoms. The standard InChI is InChI=1S/C10H18BrNO/c1-7-5-8(2)12(6-7)9(13)10(3,4)11/h7-8H,5-6H2,1-4H3. The van der Waals surface area contributed by atoms with Crippen molar-refractivity contribution in [2.45, 2.75) is 44.5 Å². The SMILES string of the molecule is CC1CC(C)N(C(=O)C(C)(C)Br)C1. The highest BCUT2D eigenvalue weighted by Crippen LogP contribution is 2.28. The van der Waals surface area contributed by atoms with Crippen molar-refractivity contribution < 1.29 is 4.79 Å². The molecule has 0 saturated carbocycles. The van der Waals surface area contributed by atoms with Gasteiger partial charge in [-0.05, 0) is 33.1 Å². The summed E-state index contributed by atoms with van der Waals surface area (Å²) in [5, 5.41) is 0. The van der Waals surface area contributed by atoms with E-state index >= 15 is 0 Å². The Labute approximate surface area is 88.8 Å². The van der Waals surface area contributed by atoms with Crippen molar-refractivity contribution in [3.8, 4) is 0 Å². The molecular formula is C10H18BrNO. The van der Waals surface area contributed by atoms with E-state index in [2.05, 4.69) is 29.8 Å². The molecule has 0 aromatic rings. The second-order valence-corrected chi connectivity index (χ2v) is 6.60. The third-order valence-electron chi connectivity index (χ3n) is 2.55. The minimum Gasteiger partial charge on any atom is -0.339 e. The van der Waals surface area contributed by atoms with E-state index in [-0.39, 0.29) is 5.91 Å². The lowest BCUT2D eigenvalue weighted by Gasteiger charge is -2.27. The van der Waals surface area contributed by atoms with Crippen molar-refractivity contribution >= 4 is 21.8 Å². The zero-order valence-electron chi connectivity index (χ0n) is 8.80. The molecule has 0 bridgehead atoms. The van der Waals surface area contributed by atoms with Gasteiger partial charge in [0.1, 0.15) is 0 Å². The number of hydrogen-bond donors (Lipinski definition) is 0. The van der Waals surface area contributed by atoms with Gasteiger partial charge in [0, 0.05) is 12.6 Å². The fourth-order valence-electron chi connectivity index (χ4n) is 1.92. The lowest BCUT2D eigenvalue weighted by atomic mass is 10.1. The van der Waals surface area contributed by atoms with Gasteiger partial charge in [-0.25, -0.2) is 0 Å². The lowest BCUT2D eigenvalue weighted by Crippen LogP contribution is -2.43. The zero-order valence-corrected chi connectivity index (χ0v) is 10.4. The third-order valence-corrected chi connectivity index (χ3v) is 2.89. The number of likely N-dealkylation sites (tertiary alicyclic amines) is 1. The summed E-state index contributed by atoms with van der Waals surface area (Å²) in [6.07, 6.45) is 1.13. The van der Waals surface area contributed by atoms with E-state index in [1.165, 1.54) is 0 Å². The molecule has 1 amide bonds. The largest absolute Gasteiger partial charge is 0.339 e. The highest BCUT2D eigenvalue weighted by atomic mass is 79.9. The van der Waals surface area contributed by atoms with E-state index in [1.807, 2.05) is 18.7 Å². The summed E-state index contributed by atoms with van der Waals surface area (Å²) in [6.45, 7) is 9.05. The summed E-state index contributed by atoms with van der Waals surface area (Å²) in [5.41, 5.74) is 0. The average molecular weight is 248 g/mol. The number of hydrogen-bond acceptors (Lipinski definition) is 1. The molecular weight excluding hydrogens is 230 g/mol. The molecule has 2 nitrogen and oxygen atoms in total. The van der Waals surface area contributed by atoms with Crippen LogP contribution in [0.3, 0.4) is 0 Å². The Morgan fingerprint density at radius 1 is 1.46 bits per heavy atom. The molecule has 2 unspecified atom stereocenters. The molecule has 1 fully saturated rings. The minimum absolute atomic E-state index is 0.212. The Morgan fingerprint density at radius 3 is 2.31 bits per heavy atom. The summed E-state index contributed by atoms with van der Waals surface area (Å²) < 4.78 is -0.411. The zero-order chi connectivity index (χ0) is 10.2. The van der Waals surface area contributed by atoms with Crippen molar-refractivity contribution in [3.63, 3.8) is 0 Å². The van der Waals surface area contributed by atoms with Gasteiger partial charge in [0.2, 0.25) is 5.91 Å². The highest BCUT2D eigenvalue weighted by Gasteiger charge is 2.36. The molecule has 1 heterocycles. The van der Waals surface area contributed by atoms with Gasteiger partial charge in [0.15, 0.2) is 0 Å². The third kappa shape index (κ3) is 2.46. The molecule has 0 aromatic carbocycles. The minimum atomic E-state index is -0.411. The van der Waals surface area contributed by atoms with E-state index in [0.29, 0.717) is 12.0 Å². The van der Waals surface area contributed by atoms with Crippen LogP contribution in [0.1, 0.15) is 34.1 Å². The fraction of sp³-hybridized carbons (Fsp3) is 0.900. The number of rotatable bonds is 1. The summed E-state index contributed by atoms with van der Waals surface area (Å²) in [4.78, 5) is 13.9. The molecule has 3 heteroatoms. The second-order valence-electron chi connectivity index (χ2n) is 4.62. The lowest BCUT2D eigenvalue weighted by molar-refractivity contribution is -0.133. The van der Waals surface area contributed by atoms with Crippen molar-refractivity contribution in [2.75, 3.05) is 6.54 Å². The van der Waals surface area contributed by atoms with Crippen LogP contribution >= 0.6 is 15.9 Å². The summed E-state index contributed by atoms with van der Waals surface area (Å²) in [7, 11) is 0. The van der Waals surface area contributed by atoms with Crippen LogP contribution in [0.5, 0.6) is 0 Å². The van der Waals surface area contributed by atoms with Gasteiger partial charge in [-0.1, -0.05) is 22.9 Å². The number of nitrogens with zero attached hydrogens (tertiary/aromatic N) is 1. The number of carbonyl (C=O) groups excluding carboxylic acids is 1. The first-order valence-corrected chi connectivity index (χ1v) is 5.61. The molecule has 76 valence electrons. The van der Waals surface area contributed by atoms with Crippen LogP contribution < -0.4 is 0 Å². The van der Waals surface area contributed by atoms with Crippen molar-refractivity contribution in [3.05, 3.63) is 0 Å². The smallest absolute Gasteiger partial charge is 0.239 e. The van der Waals surface area contributed by atoms with Gasteiger partial charge in [0.05, 0.1) is 4.32 Å². The number of amides is 1. The molecule has 2 atom stereocenters. The molecule has 0 radical (unpaired) electrons. The van der Waals surface area contributed by atoms with Gasteiger partial charge >= 0.3 is 0 Å². The predicted molar refractivity (Wildman–Crippen MR) is 58.0 cm³/mol. The van der Waals surface area contributed by atoms with Crippen LogP contribution in [-0.2, 0) is 4.79 Å². The maximum Gasteiger partial charge on any atom is 0.239 e. The normalized spacial score (nSPS) is 29.5. The Balaban J connectivity index is 2.68. The molecule has 0 aliphatic carbocycles. The molecule has 1 aliphatic heterocycles. The highest BCUT2D eigenvalue weighted by molar-refractivity contribution is 9.10. The Hall–Kier alpha value is -0.0500.